The topological polar surface area (TPSA) is 135 Å². The van der Waals surface area contributed by atoms with E-state index in [4.69, 9.17) is 33.7 Å². The molecule has 3 aromatic heterocycles. The lowest BCUT2D eigenvalue weighted by atomic mass is 9.77. The predicted octanol–water partition coefficient (Wildman–Crippen LogP) is 3.86. The number of fused-ring (bicyclic) bond motifs is 1. The molecule has 1 spiro atoms. The van der Waals surface area contributed by atoms with Gasteiger partial charge in [0.05, 0.1) is 21.0 Å². The molecule has 0 aliphatic carbocycles. The van der Waals surface area contributed by atoms with Crippen molar-refractivity contribution in [3.63, 3.8) is 0 Å². The average Bonchev–Trinajstić information content (AvgIpc) is 3.48. The molecule has 2 aliphatic rings. The lowest BCUT2D eigenvalue weighted by Crippen LogP contribution is -2.44. The molecule has 1 aromatic carbocycles. The maximum absolute atomic E-state index is 12.3. The van der Waals surface area contributed by atoms with Crippen LogP contribution in [0.1, 0.15) is 31.1 Å². The second kappa shape index (κ2) is 9.44. The molecule has 0 saturated carbocycles. The van der Waals surface area contributed by atoms with E-state index in [-0.39, 0.29) is 11.3 Å². The van der Waals surface area contributed by atoms with E-state index in [0.29, 0.717) is 33.0 Å². The van der Waals surface area contributed by atoms with Gasteiger partial charge in [-0.3, -0.25) is 20.6 Å². The number of hydrogen-bond donors (Lipinski definition) is 3. The summed E-state index contributed by atoms with van der Waals surface area (Å²) in [5.74, 6) is 1.37. The van der Waals surface area contributed by atoms with Gasteiger partial charge in [-0.15, -0.1) is 0 Å². The zero-order chi connectivity index (χ0) is 25.6. The van der Waals surface area contributed by atoms with Crippen LogP contribution in [0.2, 0.25) is 10.0 Å². The summed E-state index contributed by atoms with van der Waals surface area (Å²) in [5.41, 5.74) is 8.77. The molecule has 0 unspecified atom stereocenters. The predicted molar refractivity (Wildman–Crippen MR) is 140 cm³/mol. The van der Waals surface area contributed by atoms with Gasteiger partial charge < -0.3 is 15.0 Å². The van der Waals surface area contributed by atoms with Gasteiger partial charge in [0.15, 0.2) is 6.23 Å². The number of hydrogen-bond acceptors (Lipinski definition) is 8. The maximum Gasteiger partial charge on any atom is 0.226 e. The van der Waals surface area contributed by atoms with E-state index in [9.17, 15) is 4.79 Å². The normalized spacial score (nSPS) is 17.8. The first-order valence-electron chi connectivity index (χ1n) is 12.0. The highest BCUT2D eigenvalue weighted by Gasteiger charge is 2.44. The van der Waals surface area contributed by atoms with Crippen LogP contribution >= 0.6 is 23.2 Å². The van der Waals surface area contributed by atoms with Gasteiger partial charge in [0.1, 0.15) is 11.4 Å². The molecule has 1 atom stereocenters. The Kier molecular flexibility index (Phi) is 6.10. The average molecular weight is 539 g/mol. The highest BCUT2D eigenvalue weighted by Crippen LogP contribution is 2.39. The van der Waals surface area contributed by atoms with Crippen LogP contribution in [-0.4, -0.2) is 50.7 Å². The Balaban J connectivity index is 1.20. The number of pyridine rings is 1. The molecule has 0 bridgehead atoms. The molecule has 10 nitrogen and oxygen atoms in total. The highest BCUT2D eigenvalue weighted by atomic mass is 35.5. The fourth-order valence-corrected chi connectivity index (χ4v) is 5.70. The van der Waals surface area contributed by atoms with Crippen molar-refractivity contribution in [3.8, 4) is 17.0 Å². The molecule has 4 N–H and O–H groups in total. The number of ether oxygens (including phenoxy) is 1. The Morgan fingerprint density at radius 2 is 1.78 bits per heavy atom. The van der Waals surface area contributed by atoms with Gasteiger partial charge in [-0.25, -0.2) is 9.97 Å². The molecule has 0 radical (unpaired) electrons. The zero-order valence-corrected chi connectivity index (χ0v) is 21.3. The van der Waals surface area contributed by atoms with Crippen LogP contribution in [-0.2, 0) is 4.79 Å². The second-order valence-electron chi connectivity index (χ2n) is 9.38. The van der Waals surface area contributed by atoms with Gasteiger partial charge in [-0.2, -0.15) is 5.10 Å². The number of aromatic amines is 1. The maximum atomic E-state index is 12.3. The Labute approximate surface area is 222 Å². The van der Waals surface area contributed by atoms with Crippen LogP contribution in [0.3, 0.4) is 0 Å². The first-order valence-corrected chi connectivity index (χ1v) is 12.7. The van der Waals surface area contributed by atoms with E-state index >= 15 is 0 Å². The smallest absolute Gasteiger partial charge is 0.226 e. The number of nitrogens with zero attached hydrogens (tertiary/aromatic N) is 5. The number of amides is 1. The third kappa shape index (κ3) is 4.35. The van der Waals surface area contributed by atoms with Gasteiger partial charge in [0, 0.05) is 60.9 Å². The van der Waals surface area contributed by atoms with Crippen molar-refractivity contribution >= 4 is 46.0 Å². The number of H-pyrrole nitrogens is 1. The summed E-state index contributed by atoms with van der Waals surface area (Å²) in [6.07, 6.45) is 8.13. The second-order valence-corrected chi connectivity index (χ2v) is 10.2. The number of benzene rings is 1. The number of carbonyl (C=O) groups is 1. The standard InChI is InChI=1S/C25H24Cl2N8O2/c26-17-12-29-13-18(27)20(17)22(28)37-15-1-2-19-16(9-15)21(34-33-19)14-10-31-24(32-11-14)35-7-4-25(5-8-35)3-6-30-23(25)36/h1-2,9-13,22H,3-8,28H2,(H,30,36)(H,33,34)/t22-/m0/s1. The minimum Gasteiger partial charge on any atom is -0.471 e. The first-order chi connectivity index (χ1) is 17.9. The Bertz CT molecular complexity index is 1450. The van der Waals surface area contributed by atoms with Gasteiger partial charge in [0.2, 0.25) is 11.9 Å². The van der Waals surface area contributed by atoms with Crippen LogP contribution in [0.15, 0.2) is 43.0 Å². The van der Waals surface area contributed by atoms with E-state index in [1.165, 1.54) is 12.4 Å². The Morgan fingerprint density at radius 3 is 2.46 bits per heavy atom. The number of halogens is 2. The summed E-state index contributed by atoms with van der Waals surface area (Å²) in [6, 6.07) is 5.50. The van der Waals surface area contributed by atoms with Crippen molar-refractivity contribution in [1.82, 2.24) is 30.5 Å². The number of nitrogens with one attached hydrogen (secondary N) is 2. The van der Waals surface area contributed by atoms with Crippen LogP contribution < -0.4 is 20.7 Å². The number of aromatic nitrogens is 5. The minimum absolute atomic E-state index is 0.185. The van der Waals surface area contributed by atoms with Crippen LogP contribution in [0, 0.1) is 5.41 Å². The summed E-state index contributed by atoms with van der Waals surface area (Å²) in [7, 11) is 0. The fourth-order valence-electron chi connectivity index (χ4n) is 5.12. The zero-order valence-electron chi connectivity index (χ0n) is 19.7. The lowest BCUT2D eigenvalue weighted by molar-refractivity contribution is -0.128. The van der Waals surface area contributed by atoms with Gasteiger partial charge >= 0.3 is 0 Å². The summed E-state index contributed by atoms with van der Waals surface area (Å²) in [5, 5.41) is 12.0. The van der Waals surface area contributed by atoms with E-state index in [2.05, 4.69) is 35.4 Å². The molecule has 4 aromatic rings. The highest BCUT2D eigenvalue weighted by molar-refractivity contribution is 6.35. The quantitative estimate of drug-likeness (QED) is 0.326. The number of rotatable bonds is 5. The van der Waals surface area contributed by atoms with Gasteiger partial charge in [-0.1, -0.05) is 23.2 Å². The molecular weight excluding hydrogens is 515 g/mol. The molecule has 6 rings (SSSR count). The van der Waals surface area contributed by atoms with E-state index < -0.39 is 6.23 Å². The number of piperidine rings is 1. The molecule has 2 saturated heterocycles. The molecule has 2 fully saturated rings. The van der Waals surface area contributed by atoms with Gasteiger partial charge in [-0.05, 0) is 37.5 Å². The largest absolute Gasteiger partial charge is 0.471 e. The summed E-state index contributed by atoms with van der Waals surface area (Å²) >= 11 is 12.4. The van der Waals surface area contributed by atoms with Gasteiger partial charge in [0.25, 0.3) is 0 Å². The van der Waals surface area contributed by atoms with Crippen LogP contribution in [0.25, 0.3) is 22.2 Å². The fraction of sp³-hybridized carbons (Fsp3) is 0.320. The van der Waals surface area contributed by atoms with Crippen LogP contribution in [0.4, 0.5) is 5.95 Å². The Morgan fingerprint density at radius 1 is 1.05 bits per heavy atom. The number of carbonyl (C=O) groups excluding carboxylic acids is 1. The monoisotopic (exact) mass is 538 g/mol. The molecular formula is C25H24Cl2N8O2. The number of anilines is 1. The van der Waals surface area contributed by atoms with Crippen molar-refractivity contribution in [2.75, 3.05) is 24.5 Å². The first kappa shape index (κ1) is 23.9. The van der Waals surface area contributed by atoms with E-state index in [0.717, 1.165) is 55.4 Å². The summed E-state index contributed by atoms with van der Waals surface area (Å²) in [6.45, 7) is 2.28. The Hall–Kier alpha value is -3.47. The van der Waals surface area contributed by atoms with Crippen molar-refractivity contribution in [2.45, 2.75) is 25.5 Å². The molecule has 190 valence electrons. The lowest BCUT2D eigenvalue weighted by Gasteiger charge is -2.37. The SMILES string of the molecule is N[C@@H](Oc1ccc2[nH]nc(-c3cnc(N4CCC5(CCNC5=O)CC4)nc3)c2c1)c1c(Cl)cncc1Cl. The number of nitrogens with two attached hydrogens (primary N) is 1. The third-order valence-electron chi connectivity index (χ3n) is 7.26. The van der Waals surface area contributed by atoms with Crippen molar-refractivity contribution in [3.05, 3.63) is 58.6 Å². The van der Waals surface area contributed by atoms with Crippen molar-refractivity contribution in [1.29, 1.82) is 0 Å². The molecule has 2 aliphatic heterocycles. The van der Waals surface area contributed by atoms with E-state index in [1.807, 2.05) is 12.1 Å². The molecule has 12 heteroatoms. The minimum atomic E-state index is -0.877. The molecule has 5 heterocycles. The third-order valence-corrected chi connectivity index (χ3v) is 7.86. The van der Waals surface area contributed by atoms with Crippen molar-refractivity contribution in [2.24, 2.45) is 11.1 Å². The summed E-state index contributed by atoms with van der Waals surface area (Å²) in [4.78, 5) is 27.5. The van der Waals surface area contributed by atoms with Crippen LogP contribution in [0.5, 0.6) is 5.75 Å². The summed E-state index contributed by atoms with van der Waals surface area (Å²) < 4.78 is 5.95. The van der Waals surface area contributed by atoms with Crippen molar-refractivity contribution < 1.29 is 9.53 Å². The van der Waals surface area contributed by atoms with E-state index in [1.54, 1.807) is 18.5 Å². The molecule has 37 heavy (non-hydrogen) atoms. The molecule has 1 amide bonds.